The van der Waals surface area contributed by atoms with Crippen LogP contribution in [0, 0.1) is 0 Å². The first-order valence-corrected chi connectivity index (χ1v) is 17.3. The summed E-state index contributed by atoms with van der Waals surface area (Å²) in [5.74, 6) is 0. The molecule has 0 heterocycles. The molecule has 1 aliphatic carbocycles. The zero-order valence-electron chi connectivity index (χ0n) is 27.7. The molecule has 0 unspecified atom stereocenters. The topological polar surface area (TPSA) is 3.24 Å². The van der Waals surface area contributed by atoms with E-state index in [4.69, 9.17) is 0 Å². The third kappa shape index (κ3) is 4.86. The first-order valence-electron chi connectivity index (χ1n) is 17.3. The molecule has 0 N–H and O–H groups in total. The summed E-state index contributed by atoms with van der Waals surface area (Å²) < 4.78 is 0. The number of anilines is 3. The zero-order valence-corrected chi connectivity index (χ0v) is 27.7. The van der Waals surface area contributed by atoms with Crippen molar-refractivity contribution < 1.29 is 0 Å². The quantitative estimate of drug-likeness (QED) is 0.168. The van der Waals surface area contributed by atoms with Gasteiger partial charge in [0.1, 0.15) is 0 Å². The van der Waals surface area contributed by atoms with Crippen LogP contribution in [0.3, 0.4) is 0 Å². The van der Waals surface area contributed by atoms with Crippen LogP contribution in [0.15, 0.2) is 212 Å². The molecule has 0 saturated heterocycles. The summed E-state index contributed by atoms with van der Waals surface area (Å²) in [5.41, 5.74) is 15.4. The highest BCUT2D eigenvalue weighted by molar-refractivity contribution is 5.97. The Morgan fingerprint density at radius 2 is 0.780 bits per heavy atom. The number of fused-ring (bicyclic) bond motifs is 3. The first kappa shape index (κ1) is 29.7. The molecule has 8 aromatic carbocycles. The third-order valence-corrected chi connectivity index (χ3v) is 10.1. The van der Waals surface area contributed by atoms with Crippen LogP contribution in [0.5, 0.6) is 0 Å². The number of para-hydroxylation sites is 1. The normalized spacial score (nSPS) is 12.6. The fourth-order valence-electron chi connectivity index (χ4n) is 7.98. The molecule has 0 radical (unpaired) electrons. The minimum absolute atomic E-state index is 0.520. The second-order valence-electron chi connectivity index (χ2n) is 12.9. The average molecular weight is 638 g/mol. The van der Waals surface area contributed by atoms with E-state index >= 15 is 0 Å². The van der Waals surface area contributed by atoms with E-state index in [1.54, 1.807) is 0 Å². The molecule has 0 aromatic heterocycles. The summed E-state index contributed by atoms with van der Waals surface area (Å²) >= 11 is 0. The van der Waals surface area contributed by atoms with Crippen molar-refractivity contribution in [2.75, 3.05) is 4.90 Å². The number of hydrogen-bond acceptors (Lipinski definition) is 1. The predicted molar refractivity (Wildman–Crippen MR) is 209 cm³/mol. The summed E-state index contributed by atoms with van der Waals surface area (Å²) in [7, 11) is 0. The Morgan fingerprint density at radius 1 is 0.300 bits per heavy atom. The molecule has 9 rings (SSSR count). The van der Waals surface area contributed by atoms with Crippen LogP contribution in [0.1, 0.15) is 22.3 Å². The Kier molecular flexibility index (Phi) is 7.44. The highest BCUT2D eigenvalue weighted by Crippen LogP contribution is 2.59. The molecule has 0 spiro atoms. The molecular formula is C49H35N. The largest absolute Gasteiger partial charge is 0.310 e. The van der Waals surface area contributed by atoms with Crippen molar-refractivity contribution in [1.82, 2.24) is 0 Å². The van der Waals surface area contributed by atoms with Crippen LogP contribution in [-0.2, 0) is 5.41 Å². The van der Waals surface area contributed by atoms with Crippen molar-refractivity contribution in [2.45, 2.75) is 5.41 Å². The van der Waals surface area contributed by atoms with Gasteiger partial charge in [0.25, 0.3) is 0 Å². The van der Waals surface area contributed by atoms with Crippen molar-refractivity contribution in [3.63, 3.8) is 0 Å². The van der Waals surface area contributed by atoms with E-state index in [-0.39, 0.29) is 0 Å². The van der Waals surface area contributed by atoms with Gasteiger partial charge in [-0.15, -0.1) is 0 Å². The lowest BCUT2D eigenvalue weighted by Gasteiger charge is -2.35. The molecule has 0 fully saturated rings. The van der Waals surface area contributed by atoms with Gasteiger partial charge in [0.05, 0.1) is 5.41 Å². The second kappa shape index (κ2) is 12.5. The van der Waals surface area contributed by atoms with Gasteiger partial charge in [0.15, 0.2) is 0 Å². The molecule has 236 valence electrons. The van der Waals surface area contributed by atoms with Gasteiger partial charge >= 0.3 is 0 Å². The van der Waals surface area contributed by atoms with Gasteiger partial charge in [0, 0.05) is 17.1 Å². The van der Waals surface area contributed by atoms with Crippen molar-refractivity contribution in [2.24, 2.45) is 0 Å². The molecular weight excluding hydrogens is 603 g/mol. The van der Waals surface area contributed by atoms with Crippen LogP contribution < -0.4 is 4.90 Å². The van der Waals surface area contributed by atoms with Gasteiger partial charge in [-0.25, -0.2) is 0 Å². The smallest absolute Gasteiger partial charge is 0.0714 e. The van der Waals surface area contributed by atoms with Gasteiger partial charge in [-0.05, 0) is 92.0 Å². The molecule has 0 aliphatic heterocycles. The number of nitrogens with zero attached hydrogens (tertiary/aromatic N) is 1. The number of hydrogen-bond donors (Lipinski definition) is 0. The molecule has 50 heavy (non-hydrogen) atoms. The molecule has 8 aromatic rings. The van der Waals surface area contributed by atoms with Crippen molar-refractivity contribution in [3.05, 3.63) is 235 Å². The summed E-state index contributed by atoms with van der Waals surface area (Å²) in [6, 6.07) is 77.1. The van der Waals surface area contributed by atoms with Crippen LogP contribution in [0.4, 0.5) is 17.1 Å². The van der Waals surface area contributed by atoms with Crippen molar-refractivity contribution in [3.8, 4) is 33.4 Å². The van der Waals surface area contributed by atoms with Gasteiger partial charge in [-0.2, -0.15) is 0 Å². The molecule has 1 heteroatoms. The Bertz CT molecular complexity index is 2340. The fourth-order valence-corrected chi connectivity index (χ4v) is 7.98. The average Bonchev–Trinajstić information content (AvgIpc) is 3.51. The third-order valence-electron chi connectivity index (χ3n) is 10.1. The van der Waals surface area contributed by atoms with E-state index in [1.807, 2.05) is 0 Å². The highest BCUT2D eigenvalue weighted by Gasteiger charge is 2.47. The highest BCUT2D eigenvalue weighted by atomic mass is 15.1. The minimum Gasteiger partial charge on any atom is -0.310 e. The van der Waals surface area contributed by atoms with E-state index in [9.17, 15) is 0 Å². The molecule has 0 bridgehead atoms. The molecule has 1 aliphatic rings. The van der Waals surface area contributed by atoms with Crippen molar-refractivity contribution in [1.29, 1.82) is 0 Å². The monoisotopic (exact) mass is 637 g/mol. The van der Waals surface area contributed by atoms with Gasteiger partial charge in [0.2, 0.25) is 0 Å². The van der Waals surface area contributed by atoms with Crippen LogP contribution in [0.25, 0.3) is 33.4 Å². The Hall–Kier alpha value is -6.44. The first-order chi connectivity index (χ1) is 24.8. The lowest BCUT2D eigenvalue weighted by Crippen LogP contribution is -2.28. The second-order valence-corrected chi connectivity index (χ2v) is 12.9. The van der Waals surface area contributed by atoms with Crippen LogP contribution in [0.2, 0.25) is 0 Å². The maximum atomic E-state index is 2.45. The van der Waals surface area contributed by atoms with Crippen LogP contribution >= 0.6 is 0 Å². The molecule has 0 atom stereocenters. The van der Waals surface area contributed by atoms with Crippen molar-refractivity contribution >= 4 is 17.1 Å². The number of rotatable bonds is 7. The SMILES string of the molecule is c1ccc(-c2ccc(N(c3ccccc3)c3ccc4c(c3)C(c3ccccc3)(c3ccccc3)c3cccc(-c5ccccc5)c3-4)cc2)cc1. The maximum Gasteiger partial charge on any atom is 0.0714 e. The Balaban J connectivity index is 1.32. The predicted octanol–water partition coefficient (Wildman–Crippen LogP) is 12.9. The Labute approximate surface area is 294 Å². The lowest BCUT2D eigenvalue weighted by atomic mass is 9.67. The van der Waals surface area contributed by atoms with Gasteiger partial charge in [-0.1, -0.05) is 176 Å². The van der Waals surface area contributed by atoms with Gasteiger partial charge in [-0.3, -0.25) is 0 Å². The molecule has 0 saturated carbocycles. The fraction of sp³-hybridized carbons (Fsp3) is 0.0204. The summed E-state index contributed by atoms with van der Waals surface area (Å²) in [4.78, 5) is 2.39. The lowest BCUT2D eigenvalue weighted by molar-refractivity contribution is 0.768. The zero-order chi connectivity index (χ0) is 33.3. The summed E-state index contributed by atoms with van der Waals surface area (Å²) in [6.07, 6.45) is 0. The van der Waals surface area contributed by atoms with E-state index in [2.05, 4.69) is 217 Å². The van der Waals surface area contributed by atoms with Crippen LogP contribution in [-0.4, -0.2) is 0 Å². The number of benzene rings is 8. The Morgan fingerprint density at radius 3 is 1.38 bits per heavy atom. The minimum atomic E-state index is -0.520. The summed E-state index contributed by atoms with van der Waals surface area (Å²) in [5, 5.41) is 0. The molecule has 0 amide bonds. The molecule has 1 nitrogen and oxygen atoms in total. The van der Waals surface area contributed by atoms with E-state index in [0.717, 1.165) is 17.1 Å². The standard InChI is InChI=1S/C49H35N/c1-6-17-36(18-7-1)37-29-31-42(32-30-37)50(41-25-14-5-15-26-41)43-33-34-45-47(35-43)49(39-21-10-3-11-22-39,40-23-12-4-13-24-40)46-28-16-27-44(48(45)46)38-19-8-2-9-20-38/h1-35H. The van der Waals surface area contributed by atoms with Gasteiger partial charge < -0.3 is 4.90 Å². The maximum absolute atomic E-state index is 2.45. The van der Waals surface area contributed by atoms with E-state index in [1.165, 1.54) is 55.6 Å². The van der Waals surface area contributed by atoms with E-state index in [0.29, 0.717) is 0 Å². The summed E-state index contributed by atoms with van der Waals surface area (Å²) in [6.45, 7) is 0. The van der Waals surface area contributed by atoms with E-state index < -0.39 is 5.41 Å².